The Hall–Kier alpha value is -0.930. The van der Waals surface area contributed by atoms with Crippen LogP contribution in [0.2, 0.25) is 0 Å². The van der Waals surface area contributed by atoms with E-state index in [4.69, 9.17) is 0 Å². The number of aryl methyl sites for hydroxylation is 1. The molecule has 2 nitrogen and oxygen atoms in total. The molecule has 19 heavy (non-hydrogen) atoms. The third-order valence-corrected chi connectivity index (χ3v) is 4.65. The van der Waals surface area contributed by atoms with Crippen molar-refractivity contribution in [1.29, 1.82) is 0 Å². The molecule has 1 aliphatic carbocycles. The summed E-state index contributed by atoms with van der Waals surface area (Å²) in [6.45, 7) is 2.02. The molecule has 2 rings (SSSR count). The molecule has 0 aliphatic heterocycles. The molecule has 0 spiro atoms. The second kappa shape index (κ2) is 5.59. The first-order valence-corrected chi connectivity index (χ1v) is 7.12. The van der Waals surface area contributed by atoms with E-state index in [0.717, 1.165) is 24.0 Å². The van der Waals surface area contributed by atoms with Gasteiger partial charge in [-0.3, -0.25) is 0 Å². The summed E-state index contributed by atoms with van der Waals surface area (Å²) in [5.41, 5.74) is 1.95. The van der Waals surface area contributed by atoms with Gasteiger partial charge in [-0.25, -0.2) is 4.39 Å². The van der Waals surface area contributed by atoms with E-state index in [9.17, 15) is 4.39 Å². The van der Waals surface area contributed by atoms with Crippen LogP contribution in [-0.4, -0.2) is 31.6 Å². The molecule has 1 fully saturated rings. The summed E-state index contributed by atoms with van der Waals surface area (Å²) in [5, 5.41) is 3.37. The molecule has 1 aliphatic rings. The second-order valence-electron chi connectivity index (χ2n) is 5.95. The standard InChI is InChI=1S/C16H25FN2/c1-12-7-8-14(17)13(11-12)15(18-2)16(19(3)4)9-5-6-10-16/h7-8,11,15,18H,5-6,9-10H2,1-4H3. The minimum Gasteiger partial charge on any atom is -0.311 e. The summed E-state index contributed by atoms with van der Waals surface area (Å²) in [5.74, 6) is -0.0990. The minimum atomic E-state index is -0.0990. The van der Waals surface area contributed by atoms with Gasteiger partial charge >= 0.3 is 0 Å². The Morgan fingerprint density at radius 1 is 1.26 bits per heavy atom. The van der Waals surface area contributed by atoms with E-state index in [0.29, 0.717) is 0 Å². The van der Waals surface area contributed by atoms with E-state index in [1.165, 1.54) is 12.8 Å². The molecular formula is C16H25FN2. The number of benzene rings is 1. The molecule has 0 aromatic heterocycles. The Morgan fingerprint density at radius 2 is 1.89 bits per heavy atom. The maximum absolute atomic E-state index is 14.2. The molecule has 106 valence electrons. The normalized spacial score (nSPS) is 19.9. The van der Waals surface area contributed by atoms with Crippen molar-refractivity contribution in [2.45, 2.75) is 44.2 Å². The zero-order valence-corrected chi connectivity index (χ0v) is 12.5. The van der Waals surface area contributed by atoms with Crippen LogP contribution < -0.4 is 5.32 Å². The third kappa shape index (κ3) is 2.54. The fraction of sp³-hybridized carbons (Fsp3) is 0.625. The van der Waals surface area contributed by atoms with E-state index in [-0.39, 0.29) is 17.4 Å². The van der Waals surface area contributed by atoms with Crippen molar-refractivity contribution < 1.29 is 4.39 Å². The van der Waals surface area contributed by atoms with Crippen LogP contribution in [0.4, 0.5) is 4.39 Å². The van der Waals surface area contributed by atoms with Gasteiger partial charge in [0.1, 0.15) is 5.82 Å². The average Bonchev–Trinajstić information content (AvgIpc) is 2.85. The monoisotopic (exact) mass is 264 g/mol. The number of likely N-dealkylation sites (N-methyl/N-ethyl adjacent to an activating group) is 2. The topological polar surface area (TPSA) is 15.3 Å². The van der Waals surface area contributed by atoms with Gasteiger partial charge in [0.15, 0.2) is 0 Å². The minimum absolute atomic E-state index is 0.0311. The van der Waals surface area contributed by atoms with Crippen LogP contribution in [0.25, 0.3) is 0 Å². The smallest absolute Gasteiger partial charge is 0.128 e. The number of nitrogens with zero attached hydrogens (tertiary/aromatic N) is 1. The molecule has 3 heteroatoms. The van der Waals surface area contributed by atoms with Crippen molar-refractivity contribution in [1.82, 2.24) is 10.2 Å². The van der Waals surface area contributed by atoms with Gasteiger partial charge in [-0.2, -0.15) is 0 Å². The van der Waals surface area contributed by atoms with Gasteiger partial charge in [0.2, 0.25) is 0 Å². The molecule has 0 heterocycles. The van der Waals surface area contributed by atoms with Crippen LogP contribution in [0.5, 0.6) is 0 Å². The predicted octanol–water partition coefficient (Wildman–Crippen LogP) is 3.27. The summed E-state index contributed by atoms with van der Waals surface area (Å²) >= 11 is 0. The lowest BCUT2D eigenvalue weighted by molar-refractivity contribution is 0.107. The maximum Gasteiger partial charge on any atom is 0.128 e. The van der Waals surface area contributed by atoms with Gasteiger partial charge in [0, 0.05) is 11.1 Å². The average molecular weight is 264 g/mol. The fourth-order valence-corrected chi connectivity index (χ4v) is 3.58. The Balaban J connectivity index is 2.45. The zero-order valence-electron chi connectivity index (χ0n) is 12.5. The first kappa shape index (κ1) is 14.5. The van der Waals surface area contributed by atoms with Crippen LogP contribution >= 0.6 is 0 Å². The van der Waals surface area contributed by atoms with Crippen LogP contribution in [0.1, 0.15) is 42.9 Å². The summed E-state index contributed by atoms with van der Waals surface area (Å²) in [6.07, 6.45) is 4.70. The predicted molar refractivity (Wildman–Crippen MR) is 77.8 cm³/mol. The van der Waals surface area contributed by atoms with Gasteiger partial charge in [0.05, 0.1) is 6.04 Å². The molecular weight excluding hydrogens is 239 g/mol. The first-order valence-electron chi connectivity index (χ1n) is 7.12. The number of nitrogens with one attached hydrogen (secondary N) is 1. The van der Waals surface area contributed by atoms with Crippen molar-refractivity contribution >= 4 is 0 Å². The molecule has 0 bridgehead atoms. The van der Waals surface area contributed by atoms with Crippen molar-refractivity contribution in [2.75, 3.05) is 21.1 Å². The highest BCUT2D eigenvalue weighted by molar-refractivity contribution is 5.30. The molecule has 1 N–H and O–H groups in total. The molecule has 0 radical (unpaired) electrons. The van der Waals surface area contributed by atoms with Crippen LogP contribution in [-0.2, 0) is 0 Å². The SMILES string of the molecule is CNC(c1cc(C)ccc1F)C1(N(C)C)CCCC1. The number of hydrogen-bond donors (Lipinski definition) is 1. The van der Waals surface area contributed by atoms with Crippen LogP contribution in [0.15, 0.2) is 18.2 Å². The number of hydrogen-bond acceptors (Lipinski definition) is 2. The van der Waals surface area contributed by atoms with Gasteiger partial charge in [-0.15, -0.1) is 0 Å². The summed E-state index contributed by atoms with van der Waals surface area (Å²) in [4.78, 5) is 2.28. The molecule has 1 aromatic carbocycles. The molecule has 0 amide bonds. The van der Waals surface area contributed by atoms with Crippen LogP contribution in [0, 0.1) is 12.7 Å². The molecule has 0 saturated heterocycles. The van der Waals surface area contributed by atoms with Gasteiger partial charge in [0.25, 0.3) is 0 Å². The van der Waals surface area contributed by atoms with Crippen molar-refractivity contribution in [3.05, 3.63) is 35.1 Å². The Kier molecular flexibility index (Phi) is 4.26. The largest absolute Gasteiger partial charge is 0.311 e. The quantitative estimate of drug-likeness (QED) is 0.898. The second-order valence-corrected chi connectivity index (χ2v) is 5.95. The van der Waals surface area contributed by atoms with Gasteiger partial charge in [-0.05, 0) is 47.0 Å². The van der Waals surface area contributed by atoms with Gasteiger partial charge in [-0.1, -0.05) is 30.5 Å². The maximum atomic E-state index is 14.2. The van der Waals surface area contributed by atoms with E-state index in [1.54, 1.807) is 6.07 Å². The third-order valence-electron chi connectivity index (χ3n) is 4.65. The first-order chi connectivity index (χ1) is 9.01. The highest BCUT2D eigenvalue weighted by atomic mass is 19.1. The van der Waals surface area contributed by atoms with E-state index >= 15 is 0 Å². The molecule has 1 unspecified atom stereocenters. The van der Waals surface area contributed by atoms with Crippen molar-refractivity contribution in [3.8, 4) is 0 Å². The highest BCUT2D eigenvalue weighted by Gasteiger charge is 2.44. The summed E-state index contributed by atoms with van der Waals surface area (Å²) in [6, 6.07) is 5.46. The van der Waals surface area contributed by atoms with Crippen LogP contribution in [0.3, 0.4) is 0 Å². The van der Waals surface area contributed by atoms with E-state index in [2.05, 4.69) is 24.3 Å². The van der Waals surface area contributed by atoms with E-state index in [1.807, 2.05) is 26.1 Å². The summed E-state index contributed by atoms with van der Waals surface area (Å²) < 4.78 is 14.2. The van der Waals surface area contributed by atoms with Crippen molar-refractivity contribution in [2.24, 2.45) is 0 Å². The Morgan fingerprint density at radius 3 is 2.42 bits per heavy atom. The highest BCUT2D eigenvalue weighted by Crippen LogP contribution is 2.43. The number of halogens is 1. The molecule has 1 saturated carbocycles. The van der Waals surface area contributed by atoms with Gasteiger partial charge < -0.3 is 10.2 Å². The van der Waals surface area contributed by atoms with Crippen molar-refractivity contribution in [3.63, 3.8) is 0 Å². The lowest BCUT2D eigenvalue weighted by Gasteiger charge is -2.43. The lowest BCUT2D eigenvalue weighted by Crippen LogP contribution is -2.51. The Bertz CT molecular complexity index is 436. The number of rotatable bonds is 4. The summed E-state index contributed by atoms with van der Waals surface area (Å²) in [7, 11) is 6.17. The zero-order chi connectivity index (χ0) is 14.0. The Labute approximate surface area is 116 Å². The molecule has 1 atom stereocenters. The fourth-order valence-electron chi connectivity index (χ4n) is 3.58. The lowest BCUT2D eigenvalue weighted by atomic mass is 9.82. The molecule has 1 aromatic rings. The van der Waals surface area contributed by atoms with E-state index < -0.39 is 0 Å².